The zero-order chi connectivity index (χ0) is 18.1. The van der Waals surface area contributed by atoms with Crippen LogP contribution >= 0.6 is 0 Å². The number of rotatable bonds is 8. The number of hydrogen-bond donors (Lipinski definition) is 2. The maximum absolute atomic E-state index is 11.8. The van der Waals surface area contributed by atoms with Crippen molar-refractivity contribution < 1.29 is 19.1 Å². The first-order valence-corrected chi connectivity index (χ1v) is 7.95. The molecule has 25 heavy (non-hydrogen) atoms. The van der Waals surface area contributed by atoms with Gasteiger partial charge in [-0.25, -0.2) is 0 Å². The highest BCUT2D eigenvalue weighted by Gasteiger charge is 2.10. The van der Waals surface area contributed by atoms with Crippen LogP contribution in [0.4, 0.5) is 5.69 Å². The van der Waals surface area contributed by atoms with Gasteiger partial charge in [-0.1, -0.05) is 24.3 Å². The Hall–Kier alpha value is -3.02. The van der Waals surface area contributed by atoms with E-state index in [0.29, 0.717) is 30.2 Å². The molecule has 0 fully saturated rings. The lowest BCUT2D eigenvalue weighted by Crippen LogP contribution is -2.29. The van der Waals surface area contributed by atoms with Crippen LogP contribution in [-0.2, 0) is 16.0 Å². The summed E-state index contributed by atoms with van der Waals surface area (Å²) < 4.78 is 10.4. The molecule has 0 bridgehead atoms. The lowest BCUT2D eigenvalue weighted by atomic mass is 10.1. The number of amides is 2. The van der Waals surface area contributed by atoms with Gasteiger partial charge in [0.25, 0.3) is 0 Å². The Morgan fingerprint density at radius 2 is 1.64 bits per heavy atom. The summed E-state index contributed by atoms with van der Waals surface area (Å²) in [4.78, 5) is 23.6. The van der Waals surface area contributed by atoms with Crippen molar-refractivity contribution in [2.75, 3.05) is 26.1 Å². The molecule has 6 nitrogen and oxygen atoms in total. The van der Waals surface area contributed by atoms with Gasteiger partial charge >= 0.3 is 0 Å². The third-order valence-electron chi connectivity index (χ3n) is 3.56. The van der Waals surface area contributed by atoms with Gasteiger partial charge in [0, 0.05) is 12.2 Å². The molecule has 6 heteroatoms. The molecule has 0 spiro atoms. The Bertz CT molecular complexity index is 717. The zero-order valence-corrected chi connectivity index (χ0v) is 14.4. The summed E-state index contributed by atoms with van der Waals surface area (Å²) in [6.45, 7) is 0.437. The van der Waals surface area contributed by atoms with Gasteiger partial charge in [-0.05, 0) is 36.2 Å². The highest BCUT2D eigenvalue weighted by Crippen LogP contribution is 2.27. The number of para-hydroxylation sites is 1. The molecule has 2 N–H and O–H groups in total. The first kappa shape index (κ1) is 18.3. The third kappa shape index (κ3) is 5.84. The minimum atomic E-state index is -0.338. The number of hydrogen-bond acceptors (Lipinski definition) is 4. The van der Waals surface area contributed by atoms with Crippen molar-refractivity contribution in [2.24, 2.45) is 0 Å². The Kier molecular flexibility index (Phi) is 6.83. The Morgan fingerprint density at radius 3 is 2.32 bits per heavy atom. The second kappa shape index (κ2) is 9.32. The molecule has 0 aliphatic carbocycles. The first-order chi connectivity index (χ1) is 12.1. The standard InChI is InChI=1S/C19H22N2O4/c1-24-16-9-8-14(12-17(16)25-2)10-11-20-18(22)13-19(23)21-15-6-4-3-5-7-15/h3-9,12H,10-11,13H2,1-2H3,(H,20,22)(H,21,23). The van der Waals surface area contributed by atoms with Crippen LogP contribution in [0.5, 0.6) is 11.5 Å². The van der Waals surface area contributed by atoms with Crippen LogP contribution in [-0.4, -0.2) is 32.6 Å². The van der Waals surface area contributed by atoms with Crippen molar-refractivity contribution in [2.45, 2.75) is 12.8 Å². The summed E-state index contributed by atoms with van der Waals surface area (Å²) in [7, 11) is 3.16. The molecule has 0 aliphatic rings. The molecule has 0 atom stereocenters. The van der Waals surface area contributed by atoms with Crippen LogP contribution in [0.1, 0.15) is 12.0 Å². The van der Waals surface area contributed by atoms with Gasteiger partial charge < -0.3 is 20.1 Å². The summed E-state index contributed by atoms with van der Waals surface area (Å²) in [6, 6.07) is 14.6. The molecular formula is C19H22N2O4. The molecule has 0 saturated carbocycles. The average Bonchev–Trinajstić information content (AvgIpc) is 2.62. The molecule has 132 valence electrons. The second-order valence-electron chi connectivity index (χ2n) is 5.38. The van der Waals surface area contributed by atoms with Crippen molar-refractivity contribution in [3.05, 3.63) is 54.1 Å². The van der Waals surface area contributed by atoms with Gasteiger partial charge in [-0.15, -0.1) is 0 Å². The smallest absolute Gasteiger partial charge is 0.233 e. The van der Waals surface area contributed by atoms with E-state index < -0.39 is 0 Å². The SMILES string of the molecule is COc1ccc(CCNC(=O)CC(=O)Nc2ccccc2)cc1OC. The Morgan fingerprint density at radius 1 is 0.920 bits per heavy atom. The van der Waals surface area contributed by atoms with E-state index in [2.05, 4.69) is 10.6 Å². The van der Waals surface area contributed by atoms with Crippen LogP contribution in [0, 0.1) is 0 Å². The van der Waals surface area contributed by atoms with Crippen molar-refractivity contribution in [1.29, 1.82) is 0 Å². The van der Waals surface area contributed by atoms with Gasteiger partial charge in [0.15, 0.2) is 11.5 Å². The molecule has 2 amide bonds. The number of methoxy groups -OCH3 is 2. The molecular weight excluding hydrogens is 320 g/mol. The largest absolute Gasteiger partial charge is 0.493 e. The van der Waals surface area contributed by atoms with E-state index in [4.69, 9.17) is 9.47 Å². The van der Waals surface area contributed by atoms with Crippen molar-refractivity contribution in [1.82, 2.24) is 5.32 Å². The highest BCUT2D eigenvalue weighted by atomic mass is 16.5. The van der Waals surface area contributed by atoms with Crippen molar-refractivity contribution in [3.8, 4) is 11.5 Å². The fourth-order valence-electron chi connectivity index (χ4n) is 2.32. The van der Waals surface area contributed by atoms with E-state index in [1.165, 1.54) is 0 Å². The molecule has 0 saturated heterocycles. The van der Waals surface area contributed by atoms with Crippen LogP contribution in [0.25, 0.3) is 0 Å². The molecule has 2 aromatic carbocycles. The number of benzene rings is 2. The number of ether oxygens (including phenoxy) is 2. The van der Waals surface area contributed by atoms with E-state index >= 15 is 0 Å². The monoisotopic (exact) mass is 342 g/mol. The summed E-state index contributed by atoms with van der Waals surface area (Å²) in [5.74, 6) is 0.658. The minimum Gasteiger partial charge on any atom is -0.493 e. The van der Waals surface area contributed by atoms with Crippen molar-refractivity contribution in [3.63, 3.8) is 0 Å². The minimum absolute atomic E-state index is 0.208. The lowest BCUT2D eigenvalue weighted by Gasteiger charge is -2.10. The Balaban J connectivity index is 1.76. The van der Waals surface area contributed by atoms with Gasteiger partial charge in [0.1, 0.15) is 6.42 Å². The maximum atomic E-state index is 11.8. The molecule has 0 unspecified atom stereocenters. The summed E-state index contributed by atoms with van der Waals surface area (Å²) >= 11 is 0. The second-order valence-corrected chi connectivity index (χ2v) is 5.38. The van der Waals surface area contributed by atoms with Gasteiger partial charge in [-0.3, -0.25) is 9.59 Å². The molecule has 0 aliphatic heterocycles. The molecule has 2 rings (SSSR count). The fraction of sp³-hybridized carbons (Fsp3) is 0.263. The zero-order valence-electron chi connectivity index (χ0n) is 14.4. The average molecular weight is 342 g/mol. The number of carbonyl (C=O) groups excluding carboxylic acids is 2. The molecule has 0 radical (unpaired) electrons. The third-order valence-corrected chi connectivity index (χ3v) is 3.56. The number of carbonyl (C=O) groups is 2. The first-order valence-electron chi connectivity index (χ1n) is 7.95. The van der Waals surface area contributed by atoms with E-state index in [-0.39, 0.29) is 18.2 Å². The van der Waals surface area contributed by atoms with Crippen LogP contribution < -0.4 is 20.1 Å². The molecule has 0 heterocycles. The quantitative estimate of drug-likeness (QED) is 0.722. The van der Waals surface area contributed by atoms with Gasteiger partial charge in [0.05, 0.1) is 14.2 Å². The van der Waals surface area contributed by atoms with Gasteiger partial charge in [-0.2, -0.15) is 0 Å². The van der Waals surface area contributed by atoms with E-state index in [1.807, 2.05) is 36.4 Å². The molecule has 2 aromatic rings. The predicted octanol–water partition coefficient (Wildman–Crippen LogP) is 2.39. The maximum Gasteiger partial charge on any atom is 0.233 e. The Labute approximate surface area is 147 Å². The summed E-state index contributed by atoms with van der Waals surface area (Å²) in [6.07, 6.45) is 0.424. The summed E-state index contributed by atoms with van der Waals surface area (Å²) in [5.41, 5.74) is 1.68. The number of nitrogens with one attached hydrogen (secondary N) is 2. The van der Waals surface area contributed by atoms with Gasteiger partial charge in [0.2, 0.25) is 11.8 Å². The summed E-state index contributed by atoms with van der Waals surface area (Å²) in [5, 5.41) is 5.42. The molecule has 0 aromatic heterocycles. The predicted molar refractivity (Wildman–Crippen MR) is 95.9 cm³/mol. The van der Waals surface area contributed by atoms with E-state index in [9.17, 15) is 9.59 Å². The van der Waals surface area contributed by atoms with Crippen LogP contribution in [0.3, 0.4) is 0 Å². The lowest BCUT2D eigenvalue weighted by molar-refractivity contribution is -0.126. The van der Waals surface area contributed by atoms with E-state index in [1.54, 1.807) is 26.4 Å². The number of anilines is 1. The highest BCUT2D eigenvalue weighted by molar-refractivity contribution is 6.03. The fourth-order valence-corrected chi connectivity index (χ4v) is 2.32. The van der Waals surface area contributed by atoms with Crippen molar-refractivity contribution >= 4 is 17.5 Å². The van der Waals surface area contributed by atoms with Crippen LogP contribution in [0.2, 0.25) is 0 Å². The normalized spacial score (nSPS) is 10.0. The van der Waals surface area contributed by atoms with E-state index in [0.717, 1.165) is 5.56 Å². The van der Waals surface area contributed by atoms with Crippen LogP contribution in [0.15, 0.2) is 48.5 Å². The topological polar surface area (TPSA) is 76.7 Å².